The number of aromatic nitrogens is 3. The molecule has 0 unspecified atom stereocenters. The first kappa shape index (κ1) is 22.5. The van der Waals surface area contributed by atoms with Crippen molar-refractivity contribution in [2.75, 3.05) is 25.6 Å². The molecule has 0 amide bonds. The minimum atomic E-state index is -0.671. The van der Waals surface area contributed by atoms with E-state index in [1.54, 1.807) is 31.5 Å². The number of hydrogen-bond donors (Lipinski definition) is 1. The van der Waals surface area contributed by atoms with Gasteiger partial charge in [-0.3, -0.25) is 9.78 Å². The number of ether oxygens (including phenoxy) is 2. The molecule has 4 rings (SSSR count). The second-order valence-corrected chi connectivity index (χ2v) is 7.96. The summed E-state index contributed by atoms with van der Waals surface area (Å²) in [5.41, 5.74) is 8.58. The van der Waals surface area contributed by atoms with E-state index in [4.69, 9.17) is 15.2 Å². The molecule has 8 nitrogen and oxygen atoms in total. The molecule has 0 saturated carbocycles. The zero-order valence-corrected chi connectivity index (χ0v) is 18.5. The summed E-state index contributed by atoms with van der Waals surface area (Å²) in [5, 5.41) is 0. The smallest absolute Gasteiger partial charge is 0.338 e. The van der Waals surface area contributed by atoms with E-state index in [1.165, 1.54) is 6.20 Å². The molecule has 3 heterocycles. The second-order valence-electron chi connectivity index (χ2n) is 7.96. The SMILES string of the molecule is CCOC(=O)c1ccnc(CC(=O)C2(c3ccc(-c4cnc(N)nc4)cc3)CCOCC2)c1. The van der Waals surface area contributed by atoms with Crippen LogP contribution in [0, 0.1) is 0 Å². The van der Waals surface area contributed by atoms with E-state index in [2.05, 4.69) is 15.0 Å². The van der Waals surface area contributed by atoms with Crippen LogP contribution in [0.15, 0.2) is 55.0 Å². The number of rotatable bonds is 7. The first-order valence-corrected chi connectivity index (χ1v) is 10.9. The quantitative estimate of drug-likeness (QED) is 0.550. The summed E-state index contributed by atoms with van der Waals surface area (Å²) in [4.78, 5) is 38.1. The van der Waals surface area contributed by atoms with Crippen LogP contribution in [0.4, 0.5) is 5.95 Å². The molecule has 3 aromatic rings. The van der Waals surface area contributed by atoms with E-state index in [9.17, 15) is 9.59 Å². The predicted molar refractivity (Wildman–Crippen MR) is 123 cm³/mol. The van der Waals surface area contributed by atoms with Crippen molar-refractivity contribution in [3.05, 3.63) is 71.8 Å². The van der Waals surface area contributed by atoms with Gasteiger partial charge in [0.1, 0.15) is 5.78 Å². The Balaban J connectivity index is 1.60. The molecule has 1 saturated heterocycles. The Hall–Kier alpha value is -3.65. The number of carbonyl (C=O) groups is 2. The van der Waals surface area contributed by atoms with Crippen LogP contribution >= 0.6 is 0 Å². The molecule has 2 N–H and O–H groups in total. The van der Waals surface area contributed by atoms with Crippen LogP contribution in [0.2, 0.25) is 0 Å². The van der Waals surface area contributed by atoms with Crippen molar-refractivity contribution in [3.8, 4) is 11.1 Å². The van der Waals surface area contributed by atoms with Crippen molar-refractivity contribution >= 4 is 17.7 Å². The molecule has 0 bridgehead atoms. The Morgan fingerprint density at radius 3 is 2.39 bits per heavy atom. The van der Waals surface area contributed by atoms with E-state index < -0.39 is 11.4 Å². The van der Waals surface area contributed by atoms with Gasteiger partial charge in [-0.15, -0.1) is 0 Å². The zero-order chi connectivity index (χ0) is 23.3. The Morgan fingerprint density at radius 2 is 1.73 bits per heavy atom. The highest BCUT2D eigenvalue weighted by Gasteiger charge is 2.41. The van der Waals surface area contributed by atoms with Crippen LogP contribution in [0.1, 0.15) is 41.4 Å². The van der Waals surface area contributed by atoms with Gasteiger partial charge in [0.2, 0.25) is 5.95 Å². The molecule has 1 aromatic carbocycles. The van der Waals surface area contributed by atoms with Crippen LogP contribution < -0.4 is 5.73 Å². The van der Waals surface area contributed by atoms with Crippen molar-refractivity contribution < 1.29 is 19.1 Å². The highest BCUT2D eigenvalue weighted by molar-refractivity contribution is 5.93. The molecule has 1 fully saturated rings. The lowest BCUT2D eigenvalue weighted by Gasteiger charge is -2.36. The van der Waals surface area contributed by atoms with E-state index in [-0.39, 0.29) is 24.8 Å². The van der Waals surface area contributed by atoms with Gasteiger partial charge in [-0.05, 0) is 43.0 Å². The Kier molecular flexibility index (Phi) is 6.74. The third-order valence-corrected chi connectivity index (χ3v) is 5.99. The van der Waals surface area contributed by atoms with Crippen LogP contribution in [0.25, 0.3) is 11.1 Å². The molecular weight excluding hydrogens is 420 g/mol. The molecular formula is C25H26N4O4. The highest BCUT2D eigenvalue weighted by atomic mass is 16.5. The highest BCUT2D eigenvalue weighted by Crippen LogP contribution is 2.37. The van der Waals surface area contributed by atoms with Crippen molar-refractivity contribution in [2.45, 2.75) is 31.6 Å². The zero-order valence-electron chi connectivity index (χ0n) is 18.5. The lowest BCUT2D eigenvalue weighted by Crippen LogP contribution is -2.42. The number of pyridine rings is 1. The number of ketones is 1. The number of hydrogen-bond acceptors (Lipinski definition) is 8. The van der Waals surface area contributed by atoms with Gasteiger partial charge in [0, 0.05) is 49.5 Å². The van der Waals surface area contributed by atoms with Gasteiger partial charge >= 0.3 is 5.97 Å². The van der Waals surface area contributed by atoms with Crippen LogP contribution in [0.3, 0.4) is 0 Å². The minimum absolute atomic E-state index is 0.0582. The number of Topliss-reactive ketones (excluding diaryl/α,β-unsaturated/α-hetero) is 1. The molecule has 0 atom stereocenters. The van der Waals surface area contributed by atoms with Crippen molar-refractivity contribution in [1.29, 1.82) is 0 Å². The van der Waals surface area contributed by atoms with Gasteiger partial charge in [-0.1, -0.05) is 24.3 Å². The van der Waals surface area contributed by atoms with Gasteiger partial charge in [-0.2, -0.15) is 0 Å². The maximum atomic E-state index is 13.6. The normalized spacial score (nSPS) is 15.1. The summed E-state index contributed by atoms with van der Waals surface area (Å²) < 4.78 is 10.6. The van der Waals surface area contributed by atoms with Gasteiger partial charge in [0.25, 0.3) is 0 Å². The average Bonchev–Trinajstić information content (AvgIpc) is 2.85. The van der Waals surface area contributed by atoms with E-state index in [1.807, 2.05) is 24.3 Å². The summed E-state index contributed by atoms with van der Waals surface area (Å²) in [7, 11) is 0. The minimum Gasteiger partial charge on any atom is -0.462 e. The molecule has 170 valence electrons. The van der Waals surface area contributed by atoms with Crippen LogP contribution in [0.5, 0.6) is 0 Å². The molecule has 1 aliphatic rings. The maximum Gasteiger partial charge on any atom is 0.338 e. The van der Waals surface area contributed by atoms with Gasteiger partial charge in [0.05, 0.1) is 17.6 Å². The molecule has 1 aliphatic heterocycles. The summed E-state index contributed by atoms with van der Waals surface area (Å²) in [6.45, 7) is 3.06. The Morgan fingerprint density at radius 1 is 1.03 bits per heavy atom. The number of anilines is 1. The Bertz CT molecular complexity index is 1120. The largest absolute Gasteiger partial charge is 0.462 e. The average molecular weight is 447 g/mol. The summed E-state index contributed by atoms with van der Waals surface area (Å²) in [6.07, 6.45) is 6.20. The number of nitrogen functional groups attached to an aromatic ring is 1. The molecule has 0 spiro atoms. The standard InChI is InChI=1S/C25H26N4O4/c1-2-33-23(31)18-7-10-27-21(13-18)14-22(30)25(8-11-32-12-9-25)20-5-3-17(4-6-20)19-15-28-24(26)29-16-19/h3-7,10,13,15-16H,2,8-9,11-12,14H2,1H3,(H2,26,28,29). The summed E-state index contributed by atoms with van der Waals surface area (Å²) in [6, 6.07) is 11.1. The summed E-state index contributed by atoms with van der Waals surface area (Å²) >= 11 is 0. The van der Waals surface area contributed by atoms with Crippen molar-refractivity contribution in [1.82, 2.24) is 15.0 Å². The maximum absolute atomic E-state index is 13.6. The Labute approximate surface area is 192 Å². The third-order valence-electron chi connectivity index (χ3n) is 5.99. The fraction of sp³-hybridized carbons (Fsp3) is 0.320. The first-order chi connectivity index (χ1) is 16.0. The van der Waals surface area contributed by atoms with Gasteiger partial charge < -0.3 is 15.2 Å². The van der Waals surface area contributed by atoms with Crippen molar-refractivity contribution in [3.63, 3.8) is 0 Å². The molecule has 0 aliphatic carbocycles. The monoisotopic (exact) mass is 446 g/mol. The number of carbonyl (C=O) groups excluding carboxylic acids is 2. The van der Waals surface area contributed by atoms with Crippen LogP contribution in [-0.2, 0) is 26.1 Å². The van der Waals surface area contributed by atoms with Crippen LogP contribution in [-0.4, -0.2) is 46.5 Å². The molecule has 2 aromatic heterocycles. The molecule has 0 radical (unpaired) electrons. The fourth-order valence-corrected chi connectivity index (χ4v) is 4.17. The van der Waals surface area contributed by atoms with Gasteiger partial charge in [0.15, 0.2) is 0 Å². The lowest BCUT2D eigenvalue weighted by atomic mass is 9.69. The predicted octanol–water partition coefficient (Wildman–Crippen LogP) is 3.16. The van der Waals surface area contributed by atoms with Crippen molar-refractivity contribution in [2.24, 2.45) is 0 Å². The molecule has 33 heavy (non-hydrogen) atoms. The first-order valence-electron chi connectivity index (χ1n) is 10.9. The fourth-order valence-electron chi connectivity index (χ4n) is 4.17. The topological polar surface area (TPSA) is 117 Å². The summed E-state index contributed by atoms with van der Waals surface area (Å²) in [5.74, 6) is -0.137. The van der Waals surface area contributed by atoms with Gasteiger partial charge in [-0.25, -0.2) is 14.8 Å². The van der Waals surface area contributed by atoms with E-state index in [0.29, 0.717) is 37.3 Å². The number of esters is 1. The molecule has 8 heteroatoms. The second kappa shape index (κ2) is 9.87. The van der Waals surface area contributed by atoms with E-state index >= 15 is 0 Å². The number of benzene rings is 1. The number of nitrogens with two attached hydrogens (primary N) is 1. The number of nitrogens with zero attached hydrogens (tertiary/aromatic N) is 3. The third kappa shape index (κ3) is 4.90. The van der Waals surface area contributed by atoms with E-state index in [0.717, 1.165) is 16.7 Å². The lowest BCUT2D eigenvalue weighted by molar-refractivity contribution is -0.127.